The zero-order chi connectivity index (χ0) is 18.9. The molecule has 0 radical (unpaired) electrons. The molecule has 0 saturated heterocycles. The molecule has 0 spiro atoms. The Morgan fingerprint density at radius 3 is 2.82 bits per heavy atom. The highest BCUT2D eigenvalue weighted by atomic mass is 16.1. The Morgan fingerprint density at radius 2 is 1.93 bits per heavy atom. The van der Waals surface area contributed by atoms with Crippen LogP contribution in [0.1, 0.15) is 11.1 Å². The molecule has 2 N–H and O–H groups in total. The summed E-state index contributed by atoms with van der Waals surface area (Å²) in [7, 11) is 0. The zero-order valence-corrected chi connectivity index (χ0v) is 15.4. The number of nitrogens with zero attached hydrogens (tertiary/aromatic N) is 2. The van der Waals surface area contributed by atoms with Gasteiger partial charge in [-0.25, -0.2) is 0 Å². The van der Waals surface area contributed by atoms with Crippen molar-refractivity contribution in [2.45, 2.75) is 12.8 Å². The van der Waals surface area contributed by atoms with E-state index in [-0.39, 0.29) is 5.91 Å². The minimum absolute atomic E-state index is 0.000476. The maximum Gasteiger partial charge on any atom is 0.228 e. The molecule has 2 aromatic carbocycles. The summed E-state index contributed by atoms with van der Waals surface area (Å²) < 4.78 is 0. The SMILES string of the molecule is O=C(Cc1c[nH]c2ccccc12)Nc1cccc2c1CCN2c1ccncc1. The second-order valence-corrected chi connectivity index (χ2v) is 6.99. The van der Waals surface area contributed by atoms with Gasteiger partial charge in [0.2, 0.25) is 5.91 Å². The van der Waals surface area contributed by atoms with Crippen LogP contribution >= 0.6 is 0 Å². The summed E-state index contributed by atoms with van der Waals surface area (Å²) in [5.41, 5.74) is 6.43. The number of fused-ring (bicyclic) bond motifs is 2. The van der Waals surface area contributed by atoms with Crippen LogP contribution in [0.25, 0.3) is 10.9 Å². The molecule has 1 aliphatic rings. The molecule has 1 aliphatic heterocycles. The first kappa shape index (κ1) is 16.6. The van der Waals surface area contributed by atoms with Crippen molar-refractivity contribution >= 4 is 33.9 Å². The molecule has 28 heavy (non-hydrogen) atoms. The van der Waals surface area contributed by atoms with Gasteiger partial charge in [-0.1, -0.05) is 24.3 Å². The molecule has 5 nitrogen and oxygen atoms in total. The second kappa shape index (κ2) is 6.85. The number of rotatable bonds is 4. The summed E-state index contributed by atoms with van der Waals surface area (Å²) in [4.78, 5) is 22.3. The molecule has 2 aromatic heterocycles. The number of aromatic nitrogens is 2. The Balaban J connectivity index is 1.38. The minimum atomic E-state index is 0.000476. The maximum absolute atomic E-state index is 12.7. The number of carbonyl (C=O) groups excluding carboxylic acids is 1. The lowest BCUT2D eigenvalue weighted by molar-refractivity contribution is -0.115. The van der Waals surface area contributed by atoms with Crippen molar-refractivity contribution in [2.75, 3.05) is 16.8 Å². The van der Waals surface area contributed by atoms with E-state index in [0.717, 1.165) is 46.5 Å². The molecular weight excluding hydrogens is 348 g/mol. The first-order valence-corrected chi connectivity index (χ1v) is 9.44. The van der Waals surface area contributed by atoms with Gasteiger partial charge in [-0.3, -0.25) is 9.78 Å². The van der Waals surface area contributed by atoms with Crippen LogP contribution in [0, 0.1) is 0 Å². The average molecular weight is 368 g/mol. The van der Waals surface area contributed by atoms with Crippen LogP contribution in [0.15, 0.2) is 73.2 Å². The average Bonchev–Trinajstić information content (AvgIpc) is 3.34. The third kappa shape index (κ3) is 2.91. The van der Waals surface area contributed by atoms with E-state index in [9.17, 15) is 4.79 Å². The summed E-state index contributed by atoms with van der Waals surface area (Å²) in [5.74, 6) is 0.000476. The van der Waals surface area contributed by atoms with Crippen molar-refractivity contribution in [3.8, 4) is 0 Å². The maximum atomic E-state index is 12.7. The Hall–Kier alpha value is -3.60. The number of nitrogens with one attached hydrogen (secondary N) is 2. The van der Waals surface area contributed by atoms with Crippen LogP contribution in [0.3, 0.4) is 0 Å². The standard InChI is InChI=1S/C23H20N4O/c28-23(14-16-15-25-20-5-2-1-4-18(16)20)26-21-6-3-7-22-19(21)10-13-27(22)17-8-11-24-12-9-17/h1-9,11-12,15,25H,10,13-14H2,(H,26,28). The molecule has 3 heterocycles. The molecule has 138 valence electrons. The molecule has 0 bridgehead atoms. The van der Waals surface area contributed by atoms with E-state index in [2.05, 4.69) is 26.3 Å². The fourth-order valence-corrected chi connectivity index (χ4v) is 3.99. The van der Waals surface area contributed by atoms with Crippen molar-refractivity contribution in [1.29, 1.82) is 0 Å². The van der Waals surface area contributed by atoms with Gasteiger partial charge in [0.1, 0.15) is 0 Å². The smallest absolute Gasteiger partial charge is 0.228 e. The Bertz CT molecular complexity index is 1150. The van der Waals surface area contributed by atoms with E-state index < -0.39 is 0 Å². The number of para-hydroxylation sites is 1. The Morgan fingerprint density at radius 1 is 1.07 bits per heavy atom. The summed E-state index contributed by atoms with van der Waals surface area (Å²) >= 11 is 0. The van der Waals surface area contributed by atoms with Crippen LogP contribution in [-0.4, -0.2) is 22.4 Å². The monoisotopic (exact) mass is 368 g/mol. The summed E-state index contributed by atoms with van der Waals surface area (Å²) in [5, 5.41) is 4.22. The first-order valence-electron chi connectivity index (χ1n) is 9.44. The predicted octanol–water partition coefficient (Wildman–Crippen LogP) is 4.44. The van der Waals surface area contributed by atoms with Crippen molar-refractivity contribution in [3.05, 3.63) is 84.3 Å². The Kier molecular flexibility index (Phi) is 4.05. The van der Waals surface area contributed by atoms with Gasteiger partial charge in [0.05, 0.1) is 6.42 Å². The first-order chi connectivity index (χ1) is 13.8. The van der Waals surface area contributed by atoms with E-state index in [0.29, 0.717) is 6.42 Å². The number of benzene rings is 2. The number of pyridine rings is 1. The van der Waals surface area contributed by atoms with Crippen molar-refractivity contribution < 1.29 is 4.79 Å². The Labute approximate surface area is 163 Å². The highest BCUT2D eigenvalue weighted by Gasteiger charge is 2.23. The lowest BCUT2D eigenvalue weighted by Gasteiger charge is -2.19. The molecule has 0 atom stereocenters. The van der Waals surface area contributed by atoms with E-state index in [1.54, 1.807) is 12.4 Å². The molecule has 0 fully saturated rings. The molecule has 5 rings (SSSR count). The van der Waals surface area contributed by atoms with Crippen LogP contribution in [-0.2, 0) is 17.6 Å². The fraction of sp³-hybridized carbons (Fsp3) is 0.130. The normalized spacial score (nSPS) is 12.9. The molecule has 0 aliphatic carbocycles. The van der Waals surface area contributed by atoms with Gasteiger partial charge in [-0.05, 0) is 42.3 Å². The molecule has 1 amide bonds. The minimum Gasteiger partial charge on any atom is -0.361 e. The third-order valence-electron chi connectivity index (χ3n) is 5.30. The van der Waals surface area contributed by atoms with E-state index in [1.165, 1.54) is 5.56 Å². The molecule has 5 heteroatoms. The van der Waals surface area contributed by atoms with Crippen LogP contribution in [0.5, 0.6) is 0 Å². The summed E-state index contributed by atoms with van der Waals surface area (Å²) in [6.07, 6.45) is 6.79. The van der Waals surface area contributed by atoms with Gasteiger partial charge in [-0.2, -0.15) is 0 Å². The van der Waals surface area contributed by atoms with Crippen LogP contribution in [0.2, 0.25) is 0 Å². The predicted molar refractivity (Wildman–Crippen MR) is 112 cm³/mol. The summed E-state index contributed by atoms with van der Waals surface area (Å²) in [6, 6.07) is 18.2. The van der Waals surface area contributed by atoms with Crippen LogP contribution < -0.4 is 10.2 Å². The molecule has 0 unspecified atom stereocenters. The number of amides is 1. The summed E-state index contributed by atoms with van der Waals surface area (Å²) in [6.45, 7) is 0.897. The quantitative estimate of drug-likeness (QED) is 0.560. The van der Waals surface area contributed by atoms with E-state index >= 15 is 0 Å². The largest absolute Gasteiger partial charge is 0.361 e. The van der Waals surface area contributed by atoms with Gasteiger partial charge >= 0.3 is 0 Å². The van der Waals surface area contributed by atoms with Crippen LogP contribution in [0.4, 0.5) is 17.1 Å². The third-order valence-corrected chi connectivity index (χ3v) is 5.30. The number of H-pyrrole nitrogens is 1. The fourth-order valence-electron chi connectivity index (χ4n) is 3.99. The second-order valence-electron chi connectivity index (χ2n) is 6.99. The van der Waals surface area contributed by atoms with Crippen molar-refractivity contribution in [2.24, 2.45) is 0 Å². The lowest BCUT2D eigenvalue weighted by atomic mass is 10.1. The van der Waals surface area contributed by atoms with Gasteiger partial charge < -0.3 is 15.2 Å². The number of hydrogen-bond acceptors (Lipinski definition) is 3. The van der Waals surface area contributed by atoms with Crippen molar-refractivity contribution in [3.63, 3.8) is 0 Å². The highest BCUT2D eigenvalue weighted by molar-refractivity contribution is 5.97. The van der Waals surface area contributed by atoms with Crippen molar-refractivity contribution in [1.82, 2.24) is 9.97 Å². The number of anilines is 3. The van der Waals surface area contributed by atoms with Gasteiger partial charge in [-0.15, -0.1) is 0 Å². The number of hydrogen-bond donors (Lipinski definition) is 2. The number of carbonyl (C=O) groups is 1. The molecule has 0 saturated carbocycles. The highest BCUT2D eigenvalue weighted by Crippen LogP contribution is 2.38. The lowest BCUT2D eigenvalue weighted by Crippen LogP contribution is -2.15. The topological polar surface area (TPSA) is 61.0 Å². The van der Waals surface area contributed by atoms with E-state index in [4.69, 9.17) is 0 Å². The zero-order valence-electron chi connectivity index (χ0n) is 15.4. The number of aromatic amines is 1. The molecule has 4 aromatic rings. The molecular formula is C23H20N4O. The van der Waals surface area contributed by atoms with Gasteiger partial charge in [0.15, 0.2) is 0 Å². The van der Waals surface area contributed by atoms with Gasteiger partial charge in [0, 0.05) is 58.7 Å². The van der Waals surface area contributed by atoms with E-state index in [1.807, 2.05) is 54.7 Å². The van der Waals surface area contributed by atoms with Gasteiger partial charge in [0.25, 0.3) is 0 Å².